The van der Waals surface area contributed by atoms with E-state index < -0.39 is 17.9 Å². The number of carbonyl (C=O) groups is 2. The van der Waals surface area contributed by atoms with Gasteiger partial charge in [0.15, 0.2) is 0 Å². The number of hydrogen-bond donors (Lipinski definition) is 0. The summed E-state index contributed by atoms with van der Waals surface area (Å²) in [4.78, 5) is 28.1. The number of likely N-dealkylation sites (tertiary alicyclic amines) is 1. The molecular weight excluding hydrogens is 426 g/mol. The summed E-state index contributed by atoms with van der Waals surface area (Å²) in [5, 5.41) is 0. The van der Waals surface area contributed by atoms with E-state index in [1.165, 1.54) is 7.11 Å². The van der Waals surface area contributed by atoms with Crippen molar-refractivity contribution in [2.75, 3.05) is 20.3 Å². The van der Waals surface area contributed by atoms with Gasteiger partial charge in [-0.3, -0.25) is 4.79 Å². The second-order valence-corrected chi connectivity index (χ2v) is 8.12. The summed E-state index contributed by atoms with van der Waals surface area (Å²) in [5.41, 5.74) is 2.66. The van der Waals surface area contributed by atoms with Gasteiger partial charge in [0.05, 0.1) is 19.1 Å². The predicted molar refractivity (Wildman–Crippen MR) is 130 cm³/mol. The molecule has 0 saturated carbocycles. The van der Waals surface area contributed by atoms with Crippen molar-refractivity contribution in [1.82, 2.24) is 4.90 Å². The van der Waals surface area contributed by atoms with Crippen molar-refractivity contribution in [2.24, 2.45) is 0 Å². The van der Waals surface area contributed by atoms with Gasteiger partial charge in [0, 0.05) is 18.5 Å². The first-order valence-corrected chi connectivity index (χ1v) is 11.3. The average Bonchev–Trinajstić information content (AvgIpc) is 3.32. The smallest absolute Gasteiger partial charge is 0.328 e. The van der Waals surface area contributed by atoms with Gasteiger partial charge in [0.25, 0.3) is 0 Å². The highest BCUT2D eigenvalue weighted by atomic mass is 16.5. The summed E-state index contributed by atoms with van der Waals surface area (Å²) in [6.45, 7) is 0.526. The second-order valence-electron chi connectivity index (χ2n) is 8.12. The molecule has 0 spiro atoms. The van der Waals surface area contributed by atoms with Gasteiger partial charge in [-0.2, -0.15) is 0 Å². The van der Waals surface area contributed by atoms with Crippen LogP contribution in [0.25, 0.3) is 0 Å². The van der Waals surface area contributed by atoms with Crippen molar-refractivity contribution >= 4 is 11.9 Å². The van der Waals surface area contributed by atoms with Crippen molar-refractivity contribution in [3.63, 3.8) is 0 Å². The molecule has 0 radical (unpaired) electrons. The van der Waals surface area contributed by atoms with E-state index in [0.717, 1.165) is 16.7 Å². The molecule has 4 rings (SSSR count). The van der Waals surface area contributed by atoms with Crippen LogP contribution in [0.5, 0.6) is 0 Å². The lowest BCUT2D eigenvalue weighted by Crippen LogP contribution is -2.43. The van der Waals surface area contributed by atoms with Crippen molar-refractivity contribution < 1.29 is 19.1 Å². The van der Waals surface area contributed by atoms with Gasteiger partial charge in [0.1, 0.15) is 12.6 Å². The second kappa shape index (κ2) is 11.3. The van der Waals surface area contributed by atoms with Crippen molar-refractivity contribution in [3.05, 3.63) is 108 Å². The Kier molecular flexibility index (Phi) is 7.75. The molecule has 1 amide bonds. The van der Waals surface area contributed by atoms with E-state index >= 15 is 0 Å². The van der Waals surface area contributed by atoms with Crippen LogP contribution in [0.2, 0.25) is 0 Å². The van der Waals surface area contributed by atoms with Crippen LogP contribution in [-0.4, -0.2) is 49.2 Å². The standard InChI is InChI=1S/C29H27NO4/c1-33-29(32)26-20-25(34-19-11-14-22-12-5-2-6-13-22)21-30(26)28(31)27(23-15-7-3-8-16-23)24-17-9-4-10-18-24/h2-10,12-13,15-18,25-27H,19-21H2,1H3/t25-,26-/m0/s1. The Morgan fingerprint density at radius 2 is 1.47 bits per heavy atom. The van der Waals surface area contributed by atoms with Gasteiger partial charge in [0.2, 0.25) is 5.91 Å². The van der Waals surface area contributed by atoms with Gasteiger partial charge in [-0.05, 0) is 23.3 Å². The Labute approximate surface area is 200 Å². The third-order valence-corrected chi connectivity index (χ3v) is 5.93. The minimum absolute atomic E-state index is 0.144. The lowest BCUT2D eigenvalue weighted by Gasteiger charge is -2.28. The summed E-state index contributed by atoms with van der Waals surface area (Å²) in [5.74, 6) is 4.97. The minimum atomic E-state index is -0.695. The molecule has 1 saturated heterocycles. The molecule has 0 aromatic heterocycles. The molecular formula is C29H27NO4. The monoisotopic (exact) mass is 453 g/mol. The molecule has 2 atom stereocenters. The zero-order valence-electron chi connectivity index (χ0n) is 19.1. The summed E-state index contributed by atoms with van der Waals surface area (Å²) < 4.78 is 11.0. The third-order valence-electron chi connectivity index (χ3n) is 5.93. The van der Waals surface area contributed by atoms with E-state index in [4.69, 9.17) is 9.47 Å². The molecule has 172 valence electrons. The first-order valence-electron chi connectivity index (χ1n) is 11.3. The molecule has 0 unspecified atom stereocenters. The highest BCUT2D eigenvalue weighted by Gasteiger charge is 2.43. The first-order chi connectivity index (χ1) is 16.7. The van der Waals surface area contributed by atoms with Crippen molar-refractivity contribution in [1.29, 1.82) is 0 Å². The van der Waals surface area contributed by atoms with Crippen LogP contribution in [0.1, 0.15) is 29.0 Å². The Bertz CT molecular complexity index is 1110. The molecule has 1 aliphatic heterocycles. The molecule has 1 heterocycles. The fourth-order valence-corrected chi connectivity index (χ4v) is 4.27. The zero-order valence-corrected chi connectivity index (χ0v) is 19.1. The lowest BCUT2D eigenvalue weighted by atomic mass is 9.90. The summed E-state index contributed by atoms with van der Waals surface area (Å²) in [7, 11) is 1.34. The number of rotatable bonds is 6. The number of methoxy groups -OCH3 is 1. The maximum Gasteiger partial charge on any atom is 0.328 e. The van der Waals surface area contributed by atoms with Crippen LogP contribution in [0.4, 0.5) is 0 Å². The predicted octanol–water partition coefficient (Wildman–Crippen LogP) is 4.03. The number of carbonyl (C=O) groups excluding carboxylic acids is 2. The van der Waals surface area contributed by atoms with Gasteiger partial charge < -0.3 is 14.4 Å². The lowest BCUT2D eigenvalue weighted by molar-refractivity contribution is -0.151. The fourth-order valence-electron chi connectivity index (χ4n) is 4.27. The normalized spacial score (nSPS) is 17.2. The van der Waals surface area contributed by atoms with Crippen LogP contribution in [0, 0.1) is 11.8 Å². The number of ether oxygens (including phenoxy) is 2. The Balaban J connectivity index is 1.53. The fraction of sp³-hybridized carbons (Fsp3) is 0.241. The Hall–Kier alpha value is -3.88. The first kappa shape index (κ1) is 23.3. The molecule has 0 aliphatic carbocycles. The van der Waals surface area contributed by atoms with Crippen LogP contribution in [-0.2, 0) is 19.1 Å². The summed E-state index contributed by atoms with van der Waals surface area (Å²) >= 11 is 0. The Morgan fingerprint density at radius 1 is 0.912 bits per heavy atom. The van der Waals surface area contributed by atoms with Crippen LogP contribution >= 0.6 is 0 Å². The third kappa shape index (κ3) is 5.54. The number of nitrogens with zero attached hydrogens (tertiary/aromatic N) is 1. The SMILES string of the molecule is COC(=O)[C@@H]1C[C@H](OCC#Cc2ccccc2)CN1C(=O)C(c1ccccc1)c1ccccc1. The van der Waals surface area contributed by atoms with Gasteiger partial charge in [-0.25, -0.2) is 4.79 Å². The van der Waals surface area contributed by atoms with Gasteiger partial charge in [-0.15, -0.1) is 0 Å². The molecule has 1 aliphatic rings. The van der Waals surface area contributed by atoms with Crippen LogP contribution in [0.3, 0.4) is 0 Å². The highest BCUT2D eigenvalue weighted by molar-refractivity contribution is 5.91. The van der Waals surface area contributed by atoms with E-state index in [2.05, 4.69) is 11.8 Å². The van der Waals surface area contributed by atoms with E-state index in [9.17, 15) is 9.59 Å². The highest BCUT2D eigenvalue weighted by Crippen LogP contribution is 2.31. The maximum absolute atomic E-state index is 13.9. The topological polar surface area (TPSA) is 55.8 Å². The molecule has 5 heteroatoms. The van der Waals surface area contributed by atoms with E-state index in [-0.39, 0.29) is 18.6 Å². The zero-order chi connectivity index (χ0) is 23.8. The summed E-state index contributed by atoms with van der Waals surface area (Å²) in [6, 6.07) is 28.2. The quantitative estimate of drug-likeness (QED) is 0.418. The average molecular weight is 454 g/mol. The molecule has 34 heavy (non-hydrogen) atoms. The molecule has 3 aromatic carbocycles. The minimum Gasteiger partial charge on any atom is -0.467 e. The molecule has 3 aromatic rings. The number of amides is 1. The molecule has 1 fully saturated rings. The number of hydrogen-bond acceptors (Lipinski definition) is 4. The van der Waals surface area contributed by atoms with Crippen molar-refractivity contribution in [2.45, 2.75) is 24.5 Å². The summed E-state index contributed by atoms with van der Waals surface area (Å²) in [6.07, 6.45) is 0.0761. The maximum atomic E-state index is 13.9. The largest absolute Gasteiger partial charge is 0.467 e. The van der Waals surface area contributed by atoms with Crippen LogP contribution in [0.15, 0.2) is 91.0 Å². The van der Waals surface area contributed by atoms with Gasteiger partial charge in [-0.1, -0.05) is 90.7 Å². The van der Waals surface area contributed by atoms with Crippen LogP contribution < -0.4 is 0 Å². The van der Waals surface area contributed by atoms with Gasteiger partial charge >= 0.3 is 5.97 Å². The molecule has 5 nitrogen and oxygen atoms in total. The van der Waals surface area contributed by atoms with E-state index in [1.807, 2.05) is 91.0 Å². The number of esters is 1. The molecule has 0 bridgehead atoms. The van der Waals surface area contributed by atoms with Crippen molar-refractivity contribution in [3.8, 4) is 11.8 Å². The van der Waals surface area contributed by atoms with E-state index in [0.29, 0.717) is 13.0 Å². The molecule has 0 N–H and O–H groups in total. The number of benzene rings is 3. The van der Waals surface area contributed by atoms with E-state index in [1.54, 1.807) is 4.90 Å². The Morgan fingerprint density at radius 3 is 2.03 bits per heavy atom.